The van der Waals surface area contributed by atoms with E-state index >= 15 is 0 Å². The lowest BCUT2D eigenvalue weighted by molar-refractivity contribution is -0.143. The van der Waals surface area contributed by atoms with E-state index in [0.29, 0.717) is 6.42 Å². The highest BCUT2D eigenvalue weighted by molar-refractivity contribution is 7.91. The molecule has 0 bridgehead atoms. The molecule has 1 aliphatic heterocycles. The molecule has 1 rings (SSSR count). The molecule has 0 amide bonds. The maximum Gasteiger partial charge on any atom is 0.307 e. The monoisotopic (exact) mass is 249 g/mol. The number of carboxylic acid groups (broad SMARTS) is 1. The Morgan fingerprint density at radius 3 is 2.38 bits per heavy atom. The Bertz CT molecular complexity index is 365. The molecule has 1 aliphatic rings. The first-order valence-electron chi connectivity index (χ1n) is 5.40. The van der Waals surface area contributed by atoms with E-state index in [9.17, 15) is 13.2 Å². The lowest BCUT2D eigenvalue weighted by Gasteiger charge is -2.32. The Labute approximate surface area is 96.4 Å². The van der Waals surface area contributed by atoms with Gasteiger partial charge in [-0.2, -0.15) is 0 Å². The van der Waals surface area contributed by atoms with Gasteiger partial charge in [0, 0.05) is 12.1 Å². The summed E-state index contributed by atoms with van der Waals surface area (Å²) in [7, 11) is -1.11. The van der Waals surface area contributed by atoms with Crippen molar-refractivity contribution >= 4 is 15.8 Å². The van der Waals surface area contributed by atoms with Gasteiger partial charge < -0.3 is 5.11 Å². The highest BCUT2D eigenvalue weighted by Crippen LogP contribution is 2.21. The van der Waals surface area contributed by atoms with E-state index in [0.717, 1.165) is 0 Å². The third kappa shape index (κ3) is 2.95. The van der Waals surface area contributed by atoms with Crippen LogP contribution in [0.2, 0.25) is 0 Å². The summed E-state index contributed by atoms with van der Waals surface area (Å²) in [6.45, 7) is 3.47. The van der Waals surface area contributed by atoms with Crippen molar-refractivity contribution in [3.05, 3.63) is 0 Å². The van der Waals surface area contributed by atoms with Crippen molar-refractivity contribution in [2.45, 2.75) is 32.4 Å². The van der Waals surface area contributed by atoms with Gasteiger partial charge in [-0.1, -0.05) is 6.92 Å². The average Bonchev–Trinajstić information content (AvgIpc) is 2.55. The van der Waals surface area contributed by atoms with E-state index in [4.69, 9.17) is 5.11 Å². The van der Waals surface area contributed by atoms with Crippen molar-refractivity contribution in [1.82, 2.24) is 4.90 Å². The summed E-state index contributed by atoms with van der Waals surface area (Å²) < 4.78 is 22.7. The largest absolute Gasteiger partial charge is 0.481 e. The van der Waals surface area contributed by atoms with Crippen LogP contribution in [0.5, 0.6) is 0 Å². The summed E-state index contributed by atoms with van der Waals surface area (Å²) in [5, 5.41) is 8.90. The SMILES string of the molecule is CC(C(=O)O)C(C)N(C)C1CCS(=O)(=O)C1. The number of carboxylic acids is 1. The first-order chi connectivity index (χ1) is 7.24. The van der Waals surface area contributed by atoms with E-state index in [1.54, 1.807) is 14.0 Å². The smallest absolute Gasteiger partial charge is 0.307 e. The molecular weight excluding hydrogens is 230 g/mol. The quantitative estimate of drug-likeness (QED) is 0.771. The molecule has 0 aliphatic carbocycles. The first kappa shape index (κ1) is 13.4. The number of nitrogens with zero attached hydrogens (tertiary/aromatic N) is 1. The number of sulfone groups is 1. The maximum absolute atomic E-state index is 11.3. The molecule has 94 valence electrons. The van der Waals surface area contributed by atoms with Crippen LogP contribution in [0, 0.1) is 5.92 Å². The minimum Gasteiger partial charge on any atom is -0.481 e. The van der Waals surface area contributed by atoms with E-state index < -0.39 is 21.7 Å². The lowest BCUT2D eigenvalue weighted by Crippen LogP contribution is -2.44. The minimum atomic E-state index is -2.91. The van der Waals surface area contributed by atoms with Crippen molar-refractivity contribution in [3.63, 3.8) is 0 Å². The Kier molecular flexibility index (Phi) is 3.96. The summed E-state index contributed by atoms with van der Waals surface area (Å²) in [6.07, 6.45) is 0.607. The van der Waals surface area contributed by atoms with Crippen molar-refractivity contribution in [2.75, 3.05) is 18.6 Å². The lowest BCUT2D eigenvalue weighted by atomic mass is 10.0. The van der Waals surface area contributed by atoms with E-state index in [-0.39, 0.29) is 23.6 Å². The third-order valence-electron chi connectivity index (χ3n) is 3.54. The predicted molar refractivity (Wildman–Crippen MR) is 61.1 cm³/mol. The van der Waals surface area contributed by atoms with Gasteiger partial charge in [0.25, 0.3) is 0 Å². The van der Waals surface area contributed by atoms with Gasteiger partial charge in [-0.3, -0.25) is 9.69 Å². The molecule has 1 saturated heterocycles. The van der Waals surface area contributed by atoms with E-state index in [2.05, 4.69) is 0 Å². The Balaban J connectivity index is 2.65. The average molecular weight is 249 g/mol. The van der Waals surface area contributed by atoms with Crippen LogP contribution in [-0.2, 0) is 14.6 Å². The summed E-state index contributed by atoms with van der Waals surface area (Å²) in [5.74, 6) is -0.968. The molecular formula is C10H19NO4S. The van der Waals surface area contributed by atoms with Gasteiger partial charge in [0.15, 0.2) is 9.84 Å². The van der Waals surface area contributed by atoms with Crippen LogP contribution in [-0.4, -0.2) is 55.0 Å². The van der Waals surface area contributed by atoms with Crippen LogP contribution in [0.15, 0.2) is 0 Å². The van der Waals surface area contributed by atoms with Crippen LogP contribution >= 0.6 is 0 Å². The zero-order valence-corrected chi connectivity index (χ0v) is 10.7. The first-order valence-corrected chi connectivity index (χ1v) is 7.22. The number of carbonyl (C=O) groups is 1. The van der Waals surface area contributed by atoms with Gasteiger partial charge >= 0.3 is 5.97 Å². The fourth-order valence-corrected chi connectivity index (χ4v) is 3.77. The topological polar surface area (TPSA) is 74.7 Å². The van der Waals surface area contributed by atoms with Crippen molar-refractivity contribution < 1.29 is 18.3 Å². The fourth-order valence-electron chi connectivity index (χ4n) is 1.99. The summed E-state index contributed by atoms with van der Waals surface area (Å²) in [6, 6.07) is -0.197. The molecule has 0 aromatic rings. The predicted octanol–water partition coefficient (Wildman–Crippen LogP) is 0.215. The summed E-state index contributed by atoms with van der Waals surface area (Å²) in [5.41, 5.74) is 0. The minimum absolute atomic E-state index is 0.0400. The standard InChI is InChI=1S/C10H19NO4S/c1-7(10(12)13)8(2)11(3)9-4-5-16(14,15)6-9/h7-9H,4-6H2,1-3H3,(H,12,13). The number of aliphatic carboxylic acids is 1. The Morgan fingerprint density at radius 1 is 1.44 bits per heavy atom. The molecule has 1 N–H and O–H groups in total. The molecule has 0 saturated carbocycles. The van der Waals surface area contributed by atoms with Gasteiger partial charge in [-0.25, -0.2) is 8.42 Å². The molecule has 1 fully saturated rings. The van der Waals surface area contributed by atoms with Gasteiger partial charge in [-0.15, -0.1) is 0 Å². The highest BCUT2D eigenvalue weighted by Gasteiger charge is 2.34. The van der Waals surface area contributed by atoms with Crippen molar-refractivity contribution in [3.8, 4) is 0 Å². The molecule has 0 aromatic heterocycles. The van der Waals surface area contributed by atoms with Crippen LogP contribution in [0.4, 0.5) is 0 Å². The number of hydrogen-bond acceptors (Lipinski definition) is 4. The zero-order valence-electron chi connectivity index (χ0n) is 9.88. The van der Waals surface area contributed by atoms with Gasteiger partial charge in [0.2, 0.25) is 0 Å². The summed E-state index contributed by atoms with van der Waals surface area (Å²) >= 11 is 0. The third-order valence-corrected chi connectivity index (χ3v) is 5.29. The van der Waals surface area contributed by atoms with Gasteiger partial charge in [-0.05, 0) is 20.4 Å². The highest BCUT2D eigenvalue weighted by atomic mass is 32.2. The molecule has 5 nitrogen and oxygen atoms in total. The van der Waals surface area contributed by atoms with Crippen molar-refractivity contribution in [1.29, 1.82) is 0 Å². The Morgan fingerprint density at radius 2 is 2.00 bits per heavy atom. The van der Waals surface area contributed by atoms with Gasteiger partial charge in [0.1, 0.15) is 0 Å². The van der Waals surface area contributed by atoms with Crippen molar-refractivity contribution in [2.24, 2.45) is 5.92 Å². The molecule has 1 heterocycles. The van der Waals surface area contributed by atoms with Crippen LogP contribution in [0.25, 0.3) is 0 Å². The summed E-state index contributed by atoms with van der Waals surface area (Å²) in [4.78, 5) is 12.7. The number of hydrogen-bond donors (Lipinski definition) is 1. The molecule has 3 unspecified atom stereocenters. The molecule has 16 heavy (non-hydrogen) atoms. The van der Waals surface area contributed by atoms with E-state index in [1.807, 2.05) is 11.8 Å². The van der Waals surface area contributed by atoms with E-state index in [1.165, 1.54) is 0 Å². The molecule has 0 aromatic carbocycles. The normalized spacial score (nSPS) is 27.9. The second-order valence-electron chi connectivity index (χ2n) is 4.59. The van der Waals surface area contributed by atoms with Crippen LogP contribution < -0.4 is 0 Å². The second kappa shape index (κ2) is 4.71. The number of rotatable bonds is 4. The molecule has 6 heteroatoms. The molecule has 0 radical (unpaired) electrons. The Hall–Kier alpha value is -0.620. The zero-order chi connectivity index (χ0) is 12.5. The fraction of sp³-hybridized carbons (Fsp3) is 0.900. The molecule has 3 atom stereocenters. The van der Waals surface area contributed by atoms with Crippen LogP contribution in [0.3, 0.4) is 0 Å². The van der Waals surface area contributed by atoms with Gasteiger partial charge in [0.05, 0.1) is 17.4 Å². The van der Waals surface area contributed by atoms with Crippen LogP contribution in [0.1, 0.15) is 20.3 Å². The molecule has 0 spiro atoms. The maximum atomic E-state index is 11.3. The second-order valence-corrected chi connectivity index (χ2v) is 6.82.